The van der Waals surface area contributed by atoms with Gasteiger partial charge in [-0.05, 0) is 30.7 Å². The minimum absolute atomic E-state index is 0.200. The average molecular weight is 393 g/mol. The van der Waals surface area contributed by atoms with Gasteiger partial charge in [0.1, 0.15) is 11.4 Å². The van der Waals surface area contributed by atoms with Gasteiger partial charge in [-0.25, -0.2) is 4.79 Å². The van der Waals surface area contributed by atoms with Crippen molar-refractivity contribution < 1.29 is 19.1 Å². The van der Waals surface area contributed by atoms with Crippen LogP contribution in [0.4, 0.5) is 0 Å². The van der Waals surface area contributed by atoms with Crippen LogP contribution in [0.15, 0.2) is 60.7 Å². The van der Waals surface area contributed by atoms with E-state index in [-0.39, 0.29) is 18.2 Å². The molecule has 1 amide bonds. The Bertz CT molecular complexity index is 952. The van der Waals surface area contributed by atoms with Crippen LogP contribution in [0.3, 0.4) is 0 Å². The molecule has 0 aliphatic carbocycles. The van der Waals surface area contributed by atoms with Crippen molar-refractivity contribution >= 4 is 11.9 Å². The second kappa shape index (κ2) is 9.54. The van der Waals surface area contributed by atoms with Gasteiger partial charge in [-0.2, -0.15) is 5.10 Å². The van der Waals surface area contributed by atoms with Crippen LogP contribution in [0.5, 0.6) is 5.75 Å². The van der Waals surface area contributed by atoms with E-state index in [1.807, 2.05) is 61.5 Å². The number of aromatic amines is 1. The molecule has 3 rings (SSSR count). The number of esters is 1. The fourth-order valence-electron chi connectivity index (χ4n) is 2.72. The summed E-state index contributed by atoms with van der Waals surface area (Å²) in [5.74, 6) is -0.133. The number of H-pyrrole nitrogens is 1. The van der Waals surface area contributed by atoms with Gasteiger partial charge in [0.2, 0.25) is 0 Å². The average Bonchev–Trinajstić information content (AvgIpc) is 3.24. The Balaban J connectivity index is 1.50. The van der Waals surface area contributed by atoms with Crippen LogP contribution in [-0.4, -0.2) is 47.2 Å². The van der Waals surface area contributed by atoms with Crippen molar-refractivity contribution in [3.8, 4) is 17.0 Å². The normalized spacial score (nSPS) is 10.4. The number of aromatic nitrogens is 2. The highest BCUT2D eigenvalue weighted by atomic mass is 16.5. The molecule has 0 bridgehead atoms. The van der Waals surface area contributed by atoms with Gasteiger partial charge in [-0.3, -0.25) is 9.89 Å². The van der Waals surface area contributed by atoms with Crippen LogP contribution >= 0.6 is 0 Å². The zero-order valence-corrected chi connectivity index (χ0v) is 16.4. The Morgan fingerprint density at radius 3 is 2.48 bits per heavy atom. The number of rotatable bonds is 8. The third kappa shape index (κ3) is 5.44. The molecule has 1 N–H and O–H groups in total. The molecular weight excluding hydrogens is 370 g/mol. The number of carbonyl (C=O) groups excluding carboxylic acids is 2. The molecule has 1 aromatic heterocycles. The fourth-order valence-corrected chi connectivity index (χ4v) is 2.72. The van der Waals surface area contributed by atoms with Gasteiger partial charge in [-0.15, -0.1) is 0 Å². The maximum Gasteiger partial charge on any atom is 0.356 e. The van der Waals surface area contributed by atoms with E-state index in [1.54, 1.807) is 13.1 Å². The second-order valence-electron chi connectivity index (χ2n) is 6.44. The lowest BCUT2D eigenvalue weighted by molar-refractivity contribution is -0.133. The van der Waals surface area contributed by atoms with Gasteiger partial charge < -0.3 is 14.4 Å². The summed E-state index contributed by atoms with van der Waals surface area (Å²) in [4.78, 5) is 26.0. The minimum atomic E-state index is -0.623. The molecule has 0 spiro atoms. The summed E-state index contributed by atoms with van der Waals surface area (Å²) in [5, 5.41) is 6.77. The van der Waals surface area contributed by atoms with Crippen molar-refractivity contribution in [2.75, 3.05) is 20.3 Å². The van der Waals surface area contributed by atoms with E-state index < -0.39 is 5.97 Å². The van der Waals surface area contributed by atoms with Gasteiger partial charge in [0.05, 0.1) is 12.3 Å². The zero-order valence-electron chi connectivity index (χ0n) is 16.4. The summed E-state index contributed by atoms with van der Waals surface area (Å²) in [6, 6.07) is 18.6. The number of likely N-dealkylation sites (N-methyl/N-ethyl adjacent to an activating group) is 1. The first-order valence-electron chi connectivity index (χ1n) is 9.30. The number of nitrogens with one attached hydrogen (secondary N) is 1. The number of hydrogen-bond acceptors (Lipinski definition) is 5. The Morgan fingerprint density at radius 2 is 1.79 bits per heavy atom. The minimum Gasteiger partial charge on any atom is -0.494 e. The van der Waals surface area contributed by atoms with Crippen molar-refractivity contribution in [3.05, 3.63) is 71.9 Å². The Labute approximate surface area is 169 Å². The predicted octanol–water partition coefficient (Wildman–Crippen LogP) is 3.29. The van der Waals surface area contributed by atoms with Crippen LogP contribution in [0, 0.1) is 0 Å². The number of carbonyl (C=O) groups is 2. The quantitative estimate of drug-likeness (QED) is 0.594. The number of ether oxygens (including phenoxy) is 2. The maximum absolute atomic E-state index is 12.3. The molecule has 2 aromatic carbocycles. The van der Waals surface area contributed by atoms with Crippen LogP contribution < -0.4 is 4.74 Å². The lowest BCUT2D eigenvalue weighted by Gasteiger charge is -2.17. The lowest BCUT2D eigenvalue weighted by Crippen LogP contribution is -2.30. The first-order chi connectivity index (χ1) is 14.1. The topological polar surface area (TPSA) is 84.5 Å². The van der Waals surface area contributed by atoms with E-state index in [9.17, 15) is 9.59 Å². The third-order valence-corrected chi connectivity index (χ3v) is 4.27. The van der Waals surface area contributed by atoms with Crippen molar-refractivity contribution in [2.45, 2.75) is 13.5 Å². The summed E-state index contributed by atoms with van der Waals surface area (Å²) in [7, 11) is 1.66. The van der Waals surface area contributed by atoms with Crippen LogP contribution in [0.25, 0.3) is 11.3 Å². The number of nitrogens with zero attached hydrogens (tertiary/aromatic N) is 2. The van der Waals surface area contributed by atoms with E-state index in [0.717, 1.165) is 16.9 Å². The molecule has 29 heavy (non-hydrogen) atoms. The van der Waals surface area contributed by atoms with Crippen LogP contribution in [0.2, 0.25) is 0 Å². The van der Waals surface area contributed by atoms with Gasteiger partial charge in [-0.1, -0.05) is 42.5 Å². The first kappa shape index (κ1) is 20.1. The third-order valence-electron chi connectivity index (χ3n) is 4.27. The molecule has 7 nitrogen and oxygen atoms in total. The smallest absolute Gasteiger partial charge is 0.356 e. The molecule has 0 unspecified atom stereocenters. The number of benzene rings is 2. The van der Waals surface area contributed by atoms with Crippen molar-refractivity contribution in [1.29, 1.82) is 0 Å². The van der Waals surface area contributed by atoms with Crippen LogP contribution in [0.1, 0.15) is 23.0 Å². The monoisotopic (exact) mass is 393 g/mol. The molecule has 0 saturated heterocycles. The molecular formula is C22H23N3O4. The lowest BCUT2D eigenvalue weighted by atomic mass is 10.1. The molecule has 3 aromatic rings. The summed E-state index contributed by atoms with van der Waals surface area (Å²) < 4.78 is 10.5. The van der Waals surface area contributed by atoms with Crippen LogP contribution in [-0.2, 0) is 16.1 Å². The highest BCUT2D eigenvalue weighted by Gasteiger charge is 2.16. The van der Waals surface area contributed by atoms with Gasteiger partial charge >= 0.3 is 5.97 Å². The van der Waals surface area contributed by atoms with Gasteiger partial charge in [0.15, 0.2) is 6.61 Å². The summed E-state index contributed by atoms with van der Waals surface area (Å²) in [6.45, 7) is 2.59. The molecule has 0 aliphatic heterocycles. The highest BCUT2D eigenvalue weighted by Crippen LogP contribution is 2.17. The molecule has 7 heteroatoms. The molecule has 0 atom stereocenters. The maximum atomic E-state index is 12.3. The molecule has 0 radical (unpaired) electrons. The second-order valence-corrected chi connectivity index (χ2v) is 6.44. The molecule has 0 aliphatic rings. The Kier molecular flexibility index (Phi) is 6.63. The summed E-state index contributed by atoms with van der Waals surface area (Å²) in [6.07, 6.45) is 0. The molecule has 0 saturated carbocycles. The van der Waals surface area contributed by atoms with E-state index in [2.05, 4.69) is 10.2 Å². The van der Waals surface area contributed by atoms with E-state index in [1.165, 1.54) is 4.90 Å². The van der Waals surface area contributed by atoms with Gasteiger partial charge in [0.25, 0.3) is 5.91 Å². The largest absolute Gasteiger partial charge is 0.494 e. The number of hydrogen-bond donors (Lipinski definition) is 1. The van der Waals surface area contributed by atoms with E-state index in [0.29, 0.717) is 18.8 Å². The zero-order chi connectivity index (χ0) is 20.6. The van der Waals surface area contributed by atoms with Crippen molar-refractivity contribution in [3.63, 3.8) is 0 Å². The van der Waals surface area contributed by atoms with Crippen molar-refractivity contribution in [2.24, 2.45) is 0 Å². The summed E-state index contributed by atoms with van der Waals surface area (Å²) in [5.41, 5.74) is 2.67. The number of amides is 1. The molecule has 1 heterocycles. The highest BCUT2D eigenvalue weighted by molar-refractivity contribution is 5.90. The van der Waals surface area contributed by atoms with E-state index in [4.69, 9.17) is 9.47 Å². The fraction of sp³-hybridized carbons (Fsp3) is 0.227. The SMILES string of the molecule is CCOc1ccc(CN(C)C(=O)COC(=O)c2cc(-c3ccccc3)n[nH]2)cc1. The standard InChI is InChI=1S/C22H23N3O4/c1-3-28-18-11-9-16(10-12-18)14-25(2)21(26)15-29-22(27)20-13-19(23-24-20)17-7-5-4-6-8-17/h4-13H,3,14-15H2,1-2H3,(H,23,24). The van der Waals surface area contributed by atoms with Gasteiger partial charge in [0, 0.05) is 19.2 Å². The molecule has 150 valence electrons. The van der Waals surface area contributed by atoms with E-state index >= 15 is 0 Å². The predicted molar refractivity (Wildman–Crippen MR) is 108 cm³/mol. The summed E-state index contributed by atoms with van der Waals surface area (Å²) >= 11 is 0. The van der Waals surface area contributed by atoms with Crippen molar-refractivity contribution in [1.82, 2.24) is 15.1 Å². The Morgan fingerprint density at radius 1 is 1.07 bits per heavy atom. The Hall–Kier alpha value is -3.61. The first-order valence-corrected chi connectivity index (χ1v) is 9.30. The molecule has 0 fully saturated rings.